The highest BCUT2D eigenvalue weighted by molar-refractivity contribution is 5.88. The zero-order valence-corrected chi connectivity index (χ0v) is 9.99. The molecule has 2 aromatic rings. The van der Waals surface area contributed by atoms with Crippen molar-refractivity contribution in [2.24, 2.45) is 4.99 Å². The van der Waals surface area contributed by atoms with Crippen molar-refractivity contribution in [2.45, 2.75) is 0 Å². The van der Waals surface area contributed by atoms with Gasteiger partial charge in [-0.2, -0.15) is 0 Å². The molecule has 0 amide bonds. The molecule has 98 valence electrons. The summed E-state index contributed by atoms with van der Waals surface area (Å²) in [5.74, 6) is -0.996. The van der Waals surface area contributed by atoms with Crippen molar-refractivity contribution in [1.29, 1.82) is 0 Å². The first kappa shape index (κ1) is 12.7. The van der Waals surface area contributed by atoms with Gasteiger partial charge < -0.3 is 19.4 Å². The molecule has 0 aliphatic carbocycles. The lowest BCUT2D eigenvalue weighted by atomic mass is 10.2. The van der Waals surface area contributed by atoms with E-state index in [-0.39, 0.29) is 11.3 Å². The van der Waals surface area contributed by atoms with E-state index in [0.717, 1.165) is 0 Å². The van der Waals surface area contributed by atoms with Crippen LogP contribution in [0.4, 0.5) is 5.69 Å². The van der Waals surface area contributed by atoms with Gasteiger partial charge in [0.1, 0.15) is 5.75 Å². The zero-order chi connectivity index (χ0) is 13.8. The summed E-state index contributed by atoms with van der Waals surface area (Å²) in [5.41, 5.74) is 0.715. The number of aliphatic imine (C=N–C) groups is 1. The molecule has 0 fully saturated rings. The highest BCUT2D eigenvalue weighted by atomic mass is 16.5. The number of ether oxygens (including phenoxy) is 1. The van der Waals surface area contributed by atoms with Crippen LogP contribution in [0.5, 0.6) is 11.7 Å². The van der Waals surface area contributed by atoms with E-state index in [1.807, 2.05) is 0 Å². The van der Waals surface area contributed by atoms with Crippen molar-refractivity contribution in [3.63, 3.8) is 0 Å². The first-order valence-corrected chi connectivity index (χ1v) is 5.32. The van der Waals surface area contributed by atoms with Crippen molar-refractivity contribution < 1.29 is 24.2 Å². The van der Waals surface area contributed by atoms with Gasteiger partial charge in [-0.25, -0.2) is 4.79 Å². The van der Waals surface area contributed by atoms with Crippen LogP contribution in [0.1, 0.15) is 16.1 Å². The van der Waals surface area contributed by atoms with Crippen LogP contribution in [-0.2, 0) is 0 Å². The second-order valence-corrected chi connectivity index (χ2v) is 3.61. The quantitative estimate of drug-likeness (QED) is 0.846. The Bertz CT molecular complexity index is 612. The van der Waals surface area contributed by atoms with Gasteiger partial charge in [0.2, 0.25) is 0 Å². The molecule has 1 N–H and O–H groups in total. The number of hydrogen-bond donors (Lipinski definition) is 1. The molecule has 0 bridgehead atoms. The average Bonchev–Trinajstić information content (AvgIpc) is 2.77. The molecular formula is C13H10NO5-. The number of furan rings is 1. The summed E-state index contributed by atoms with van der Waals surface area (Å²) in [4.78, 5) is 14.7. The second-order valence-electron chi connectivity index (χ2n) is 3.61. The van der Waals surface area contributed by atoms with E-state index in [1.165, 1.54) is 31.5 Å². The van der Waals surface area contributed by atoms with Gasteiger partial charge in [0, 0.05) is 12.3 Å². The van der Waals surface area contributed by atoms with E-state index in [2.05, 4.69) is 4.99 Å². The molecular weight excluding hydrogens is 250 g/mol. The molecule has 0 radical (unpaired) electrons. The van der Waals surface area contributed by atoms with E-state index in [9.17, 15) is 9.90 Å². The SMILES string of the molecule is COc1cc([O-])oc1C=Nc1ccc(C(=O)O)cc1. The number of carbonyl (C=O) groups is 1. The highest BCUT2D eigenvalue weighted by Crippen LogP contribution is 2.25. The third-order valence-electron chi connectivity index (χ3n) is 2.37. The third kappa shape index (κ3) is 2.92. The van der Waals surface area contributed by atoms with E-state index in [1.54, 1.807) is 12.1 Å². The van der Waals surface area contributed by atoms with Gasteiger partial charge in [0.25, 0.3) is 0 Å². The molecule has 0 atom stereocenters. The maximum Gasteiger partial charge on any atom is 0.335 e. The molecule has 6 heteroatoms. The zero-order valence-electron chi connectivity index (χ0n) is 9.99. The van der Waals surface area contributed by atoms with E-state index in [4.69, 9.17) is 14.3 Å². The molecule has 19 heavy (non-hydrogen) atoms. The number of rotatable bonds is 4. The van der Waals surface area contributed by atoms with Crippen molar-refractivity contribution in [3.05, 3.63) is 41.7 Å². The molecule has 0 aliphatic rings. The Morgan fingerprint density at radius 1 is 1.42 bits per heavy atom. The Kier molecular flexibility index (Phi) is 3.51. The Morgan fingerprint density at radius 2 is 2.11 bits per heavy atom. The number of hydrogen-bond acceptors (Lipinski definition) is 5. The lowest BCUT2D eigenvalue weighted by Crippen LogP contribution is -1.94. The minimum absolute atomic E-state index is 0.177. The molecule has 0 unspecified atom stereocenters. The molecule has 0 saturated heterocycles. The highest BCUT2D eigenvalue weighted by Gasteiger charge is 2.02. The summed E-state index contributed by atoms with van der Waals surface area (Å²) >= 11 is 0. The van der Waals surface area contributed by atoms with Crippen molar-refractivity contribution >= 4 is 17.9 Å². The van der Waals surface area contributed by atoms with Crippen LogP contribution in [0.25, 0.3) is 0 Å². The number of benzene rings is 1. The van der Waals surface area contributed by atoms with Crippen molar-refractivity contribution in [2.75, 3.05) is 7.11 Å². The minimum atomic E-state index is -1.00. The standard InChI is InChI=1S/C13H11NO5/c1-18-10-6-12(15)19-11(10)7-14-9-4-2-8(3-5-9)13(16)17/h2-7,15H,1H3,(H,16,17)/p-1. The maximum absolute atomic E-state index is 11.0. The summed E-state index contributed by atoms with van der Waals surface area (Å²) in [6, 6.07) is 7.19. The minimum Gasteiger partial charge on any atom is -0.574 e. The van der Waals surface area contributed by atoms with E-state index < -0.39 is 11.9 Å². The van der Waals surface area contributed by atoms with Crippen LogP contribution in [-0.4, -0.2) is 24.4 Å². The lowest BCUT2D eigenvalue weighted by molar-refractivity contribution is -0.293. The lowest BCUT2D eigenvalue weighted by Gasteiger charge is -1.99. The number of carboxylic acids is 1. The van der Waals surface area contributed by atoms with Gasteiger partial charge in [-0.3, -0.25) is 4.99 Å². The van der Waals surface area contributed by atoms with Gasteiger partial charge in [0.05, 0.1) is 30.1 Å². The Morgan fingerprint density at radius 3 is 2.68 bits per heavy atom. The van der Waals surface area contributed by atoms with Gasteiger partial charge >= 0.3 is 5.97 Å². The number of aromatic carboxylic acids is 1. The summed E-state index contributed by atoms with van der Waals surface area (Å²) in [6.07, 6.45) is 1.34. The molecule has 1 aromatic carbocycles. The largest absolute Gasteiger partial charge is 0.574 e. The predicted octanol–water partition coefficient (Wildman–Crippen LogP) is 1.81. The van der Waals surface area contributed by atoms with Crippen LogP contribution in [0.3, 0.4) is 0 Å². The number of methoxy groups -OCH3 is 1. The Labute approximate surface area is 108 Å². The topological polar surface area (TPSA) is 95.1 Å². The predicted molar refractivity (Wildman–Crippen MR) is 65.4 cm³/mol. The van der Waals surface area contributed by atoms with Crippen LogP contribution in [0.2, 0.25) is 0 Å². The fourth-order valence-corrected chi connectivity index (χ4v) is 1.44. The number of nitrogens with zero attached hydrogens (tertiary/aromatic N) is 1. The smallest absolute Gasteiger partial charge is 0.335 e. The molecule has 0 aliphatic heterocycles. The number of carboxylic acid groups (broad SMARTS) is 1. The van der Waals surface area contributed by atoms with E-state index in [0.29, 0.717) is 11.4 Å². The first-order valence-electron chi connectivity index (χ1n) is 5.32. The first-order chi connectivity index (χ1) is 9.10. The van der Waals surface area contributed by atoms with Gasteiger partial charge in [-0.1, -0.05) is 0 Å². The van der Waals surface area contributed by atoms with Gasteiger partial charge in [0.15, 0.2) is 0 Å². The van der Waals surface area contributed by atoms with Crippen molar-refractivity contribution in [3.8, 4) is 11.7 Å². The normalized spacial score (nSPS) is 10.8. The fraction of sp³-hybridized carbons (Fsp3) is 0.0769. The van der Waals surface area contributed by atoms with Crippen LogP contribution in [0.15, 0.2) is 39.7 Å². The Balaban J connectivity index is 2.20. The molecule has 6 nitrogen and oxygen atoms in total. The molecule has 0 saturated carbocycles. The van der Waals surface area contributed by atoms with Gasteiger partial charge in [-0.05, 0) is 24.3 Å². The third-order valence-corrected chi connectivity index (χ3v) is 2.37. The maximum atomic E-state index is 11.0. The van der Waals surface area contributed by atoms with Crippen LogP contribution in [0, 0.1) is 0 Å². The van der Waals surface area contributed by atoms with Crippen LogP contribution < -0.4 is 9.84 Å². The summed E-state index contributed by atoms with van der Waals surface area (Å²) in [5, 5.41) is 19.8. The summed E-state index contributed by atoms with van der Waals surface area (Å²) in [6.45, 7) is 0. The Hall–Kier alpha value is -2.76. The fourth-order valence-electron chi connectivity index (χ4n) is 1.44. The summed E-state index contributed by atoms with van der Waals surface area (Å²) < 4.78 is 9.81. The second kappa shape index (κ2) is 5.26. The van der Waals surface area contributed by atoms with Crippen molar-refractivity contribution in [1.82, 2.24) is 0 Å². The summed E-state index contributed by atoms with van der Waals surface area (Å²) in [7, 11) is 1.42. The average molecular weight is 260 g/mol. The van der Waals surface area contributed by atoms with E-state index >= 15 is 0 Å². The monoisotopic (exact) mass is 260 g/mol. The molecule has 0 spiro atoms. The molecule has 1 aromatic heterocycles. The molecule has 1 heterocycles. The van der Waals surface area contributed by atoms with Gasteiger partial charge in [-0.15, -0.1) is 0 Å². The van der Waals surface area contributed by atoms with Crippen LogP contribution >= 0.6 is 0 Å². The molecule has 2 rings (SSSR count).